The summed E-state index contributed by atoms with van der Waals surface area (Å²) in [5.41, 5.74) is 1.70. The van der Waals surface area contributed by atoms with Crippen molar-refractivity contribution in [3.8, 4) is 11.5 Å². The molecule has 6 nitrogen and oxygen atoms in total. The lowest BCUT2D eigenvalue weighted by molar-refractivity contribution is -0.113. The van der Waals surface area contributed by atoms with Crippen LogP contribution in [0.4, 0.5) is 5.69 Å². The van der Waals surface area contributed by atoms with Crippen molar-refractivity contribution in [1.29, 1.82) is 0 Å². The highest BCUT2D eigenvalue weighted by molar-refractivity contribution is 6.10. The van der Waals surface area contributed by atoms with Gasteiger partial charge >= 0.3 is 0 Å². The van der Waals surface area contributed by atoms with Crippen LogP contribution in [-0.4, -0.2) is 26.0 Å². The van der Waals surface area contributed by atoms with Crippen LogP contribution >= 0.6 is 0 Å². The average Bonchev–Trinajstić information content (AvgIpc) is 2.79. The zero-order valence-corrected chi connectivity index (χ0v) is 16.7. The monoisotopic (exact) mass is 402 g/mol. The fourth-order valence-corrected chi connectivity index (χ4v) is 2.84. The second kappa shape index (κ2) is 9.93. The summed E-state index contributed by atoms with van der Waals surface area (Å²) < 4.78 is 10.8. The van der Waals surface area contributed by atoms with E-state index < -0.39 is 11.8 Å². The zero-order valence-electron chi connectivity index (χ0n) is 16.7. The molecule has 0 bridgehead atoms. The second-order valence-electron chi connectivity index (χ2n) is 6.28. The Hall–Kier alpha value is -4.06. The number of carbonyl (C=O) groups excluding carboxylic acids is 2. The van der Waals surface area contributed by atoms with Crippen LogP contribution < -0.4 is 20.1 Å². The Labute approximate surface area is 175 Å². The third kappa shape index (κ3) is 5.05. The quantitative estimate of drug-likeness (QED) is 0.583. The van der Waals surface area contributed by atoms with E-state index in [9.17, 15) is 9.59 Å². The van der Waals surface area contributed by atoms with Crippen molar-refractivity contribution in [2.24, 2.45) is 0 Å². The van der Waals surface area contributed by atoms with Crippen LogP contribution in [0, 0.1) is 0 Å². The van der Waals surface area contributed by atoms with Crippen molar-refractivity contribution >= 4 is 23.6 Å². The van der Waals surface area contributed by atoms with Crippen molar-refractivity contribution in [1.82, 2.24) is 5.32 Å². The van der Waals surface area contributed by atoms with E-state index >= 15 is 0 Å². The van der Waals surface area contributed by atoms with E-state index in [1.807, 2.05) is 24.3 Å². The molecule has 0 heterocycles. The van der Waals surface area contributed by atoms with Crippen molar-refractivity contribution in [3.63, 3.8) is 0 Å². The maximum atomic E-state index is 13.0. The number of carbonyl (C=O) groups is 2. The Morgan fingerprint density at radius 2 is 1.47 bits per heavy atom. The average molecular weight is 402 g/mol. The minimum Gasteiger partial charge on any atom is -0.493 e. The lowest BCUT2D eigenvalue weighted by Crippen LogP contribution is -2.30. The number of para-hydroxylation sites is 2. The van der Waals surface area contributed by atoms with Gasteiger partial charge in [0, 0.05) is 16.8 Å². The maximum Gasteiger partial charge on any atom is 0.272 e. The van der Waals surface area contributed by atoms with E-state index in [0.29, 0.717) is 28.3 Å². The molecule has 3 rings (SSSR count). The van der Waals surface area contributed by atoms with Crippen molar-refractivity contribution in [2.75, 3.05) is 19.5 Å². The van der Waals surface area contributed by atoms with Gasteiger partial charge in [0.2, 0.25) is 0 Å². The molecule has 0 saturated heterocycles. The summed E-state index contributed by atoms with van der Waals surface area (Å²) in [6.07, 6.45) is 1.56. The van der Waals surface area contributed by atoms with E-state index in [2.05, 4.69) is 10.6 Å². The highest BCUT2D eigenvalue weighted by Gasteiger charge is 2.17. The maximum absolute atomic E-state index is 13.0. The van der Waals surface area contributed by atoms with Gasteiger partial charge < -0.3 is 20.1 Å². The largest absolute Gasteiger partial charge is 0.493 e. The molecule has 2 amide bonds. The number of nitrogens with one attached hydrogen (secondary N) is 2. The van der Waals surface area contributed by atoms with Crippen LogP contribution in [0.1, 0.15) is 15.9 Å². The van der Waals surface area contributed by atoms with Gasteiger partial charge in [0.15, 0.2) is 11.5 Å². The lowest BCUT2D eigenvalue weighted by atomic mass is 10.1. The molecular formula is C24H22N2O4. The molecule has 3 aromatic rings. The summed E-state index contributed by atoms with van der Waals surface area (Å²) in [4.78, 5) is 25.7. The van der Waals surface area contributed by atoms with Gasteiger partial charge in [-0.1, -0.05) is 48.5 Å². The third-order valence-electron chi connectivity index (χ3n) is 4.29. The molecule has 30 heavy (non-hydrogen) atoms. The van der Waals surface area contributed by atoms with Gasteiger partial charge in [-0.3, -0.25) is 9.59 Å². The number of benzene rings is 3. The first-order valence-electron chi connectivity index (χ1n) is 9.28. The molecular weight excluding hydrogens is 380 g/mol. The standard InChI is InChI=1S/C24H22N2O4/c1-29-21-15-9-12-18(22(21)30-2)16-20(24(28)25-19-13-7-4-8-14-19)26-23(27)17-10-5-3-6-11-17/h3-16H,1-2H3,(H,25,28)(H,26,27)/b20-16-. The Kier molecular flexibility index (Phi) is 6.84. The summed E-state index contributed by atoms with van der Waals surface area (Å²) in [7, 11) is 3.05. The van der Waals surface area contributed by atoms with Crippen LogP contribution in [-0.2, 0) is 4.79 Å². The highest BCUT2D eigenvalue weighted by atomic mass is 16.5. The minimum atomic E-state index is -0.463. The van der Waals surface area contributed by atoms with Crippen LogP contribution in [0.2, 0.25) is 0 Å². The molecule has 0 atom stereocenters. The first-order valence-corrected chi connectivity index (χ1v) is 9.28. The first kappa shape index (κ1) is 20.7. The number of hydrogen-bond donors (Lipinski definition) is 2. The van der Waals surface area contributed by atoms with Gasteiger partial charge in [-0.15, -0.1) is 0 Å². The minimum absolute atomic E-state index is 0.0688. The van der Waals surface area contributed by atoms with Crippen LogP contribution in [0.3, 0.4) is 0 Å². The summed E-state index contributed by atoms with van der Waals surface area (Å²) in [6.45, 7) is 0. The molecule has 3 aromatic carbocycles. The second-order valence-corrected chi connectivity index (χ2v) is 6.28. The number of anilines is 1. The van der Waals surface area contributed by atoms with Gasteiger partial charge in [-0.2, -0.15) is 0 Å². The number of amides is 2. The Bertz CT molecular complexity index is 1050. The van der Waals surface area contributed by atoms with Crippen LogP contribution in [0.15, 0.2) is 84.6 Å². The molecule has 0 saturated carbocycles. The molecule has 2 N–H and O–H groups in total. The van der Waals surface area contributed by atoms with Gasteiger partial charge in [-0.25, -0.2) is 0 Å². The number of hydrogen-bond acceptors (Lipinski definition) is 4. The van der Waals surface area contributed by atoms with Crippen molar-refractivity contribution in [2.45, 2.75) is 0 Å². The molecule has 152 valence electrons. The van der Waals surface area contributed by atoms with Crippen molar-refractivity contribution in [3.05, 3.63) is 95.7 Å². The SMILES string of the molecule is COc1cccc(/C=C(\NC(=O)c2ccccc2)C(=O)Nc2ccccc2)c1OC. The normalized spacial score (nSPS) is 10.8. The van der Waals surface area contributed by atoms with E-state index in [-0.39, 0.29) is 5.70 Å². The summed E-state index contributed by atoms with van der Waals surface area (Å²) in [6, 6.07) is 23.0. The fraction of sp³-hybridized carbons (Fsp3) is 0.0833. The van der Waals surface area contributed by atoms with Crippen LogP contribution in [0.5, 0.6) is 11.5 Å². The number of ether oxygens (including phenoxy) is 2. The Balaban J connectivity index is 1.97. The number of methoxy groups -OCH3 is 2. The van der Waals surface area contributed by atoms with Gasteiger partial charge in [0.25, 0.3) is 11.8 Å². The van der Waals surface area contributed by atoms with E-state index in [4.69, 9.17) is 9.47 Å². The summed E-state index contributed by atoms with van der Waals surface area (Å²) in [5, 5.41) is 5.50. The van der Waals surface area contributed by atoms with Crippen molar-refractivity contribution < 1.29 is 19.1 Å². The molecule has 0 aliphatic rings. The highest BCUT2D eigenvalue weighted by Crippen LogP contribution is 2.32. The predicted octanol–water partition coefficient (Wildman–Crippen LogP) is 4.11. The van der Waals surface area contributed by atoms with E-state index in [0.717, 1.165) is 0 Å². The molecule has 0 spiro atoms. The molecule has 0 radical (unpaired) electrons. The van der Waals surface area contributed by atoms with Gasteiger partial charge in [0.05, 0.1) is 14.2 Å². The predicted molar refractivity (Wildman–Crippen MR) is 117 cm³/mol. The Morgan fingerprint density at radius 3 is 2.10 bits per heavy atom. The zero-order chi connectivity index (χ0) is 21.3. The summed E-state index contributed by atoms with van der Waals surface area (Å²) >= 11 is 0. The fourth-order valence-electron chi connectivity index (χ4n) is 2.84. The lowest BCUT2D eigenvalue weighted by Gasteiger charge is -2.14. The molecule has 6 heteroatoms. The number of rotatable bonds is 7. The third-order valence-corrected chi connectivity index (χ3v) is 4.29. The Morgan fingerprint density at radius 1 is 0.800 bits per heavy atom. The summed E-state index contributed by atoms with van der Waals surface area (Å²) in [5.74, 6) is 0.115. The van der Waals surface area contributed by atoms with Gasteiger partial charge in [0.1, 0.15) is 5.70 Å². The molecule has 0 fully saturated rings. The smallest absolute Gasteiger partial charge is 0.272 e. The molecule has 0 aliphatic heterocycles. The van der Waals surface area contributed by atoms with E-state index in [1.165, 1.54) is 14.2 Å². The molecule has 0 aromatic heterocycles. The molecule has 0 aliphatic carbocycles. The van der Waals surface area contributed by atoms with Crippen LogP contribution in [0.25, 0.3) is 6.08 Å². The van der Waals surface area contributed by atoms with Gasteiger partial charge in [-0.05, 0) is 36.4 Å². The first-order chi connectivity index (χ1) is 14.6. The van der Waals surface area contributed by atoms with E-state index in [1.54, 1.807) is 60.7 Å². The topological polar surface area (TPSA) is 76.7 Å². The molecule has 0 unspecified atom stereocenters.